The van der Waals surface area contributed by atoms with Gasteiger partial charge in [0.05, 0.1) is 13.2 Å². The number of aliphatic hydroxyl groups is 1. The second-order valence-electron chi connectivity index (χ2n) is 4.67. The molecule has 1 aliphatic heterocycles. The Morgan fingerprint density at radius 3 is 2.55 bits per heavy atom. The van der Waals surface area contributed by atoms with Gasteiger partial charge in [0.1, 0.15) is 17.7 Å². The topological polar surface area (TPSA) is 72.8 Å². The summed E-state index contributed by atoms with van der Waals surface area (Å²) in [4.78, 5) is 0. The molecule has 0 spiro atoms. The lowest BCUT2D eigenvalue weighted by molar-refractivity contribution is -0.162. The minimum absolute atomic E-state index is 0.0492. The van der Waals surface area contributed by atoms with E-state index in [1.807, 2.05) is 0 Å². The van der Waals surface area contributed by atoms with Crippen LogP contribution in [-0.4, -0.2) is 44.3 Å². The van der Waals surface area contributed by atoms with Crippen LogP contribution < -0.4 is 0 Å². The van der Waals surface area contributed by atoms with Crippen molar-refractivity contribution in [2.75, 3.05) is 24.7 Å². The van der Waals surface area contributed by atoms with Crippen molar-refractivity contribution in [3.8, 4) is 0 Å². The molecule has 0 bridgehead atoms. The van der Waals surface area contributed by atoms with Crippen LogP contribution in [0.25, 0.3) is 0 Å². The Labute approximate surface area is 117 Å². The van der Waals surface area contributed by atoms with E-state index in [2.05, 4.69) is 0 Å². The SMILES string of the molecule is CCS(=O)(=O)CC1(c2ccc(F)cc2)OCC(CO)O1. The number of aliphatic hydroxyl groups excluding tert-OH is 1. The van der Waals surface area contributed by atoms with E-state index in [-0.39, 0.29) is 24.7 Å². The maximum absolute atomic E-state index is 13.0. The first-order valence-corrected chi connectivity index (χ1v) is 8.12. The van der Waals surface area contributed by atoms with E-state index in [1.54, 1.807) is 0 Å². The average molecular weight is 304 g/mol. The van der Waals surface area contributed by atoms with E-state index in [9.17, 15) is 12.8 Å². The van der Waals surface area contributed by atoms with Crippen LogP contribution >= 0.6 is 0 Å². The van der Waals surface area contributed by atoms with Crippen LogP contribution in [0.15, 0.2) is 24.3 Å². The van der Waals surface area contributed by atoms with Crippen LogP contribution in [0.2, 0.25) is 0 Å². The van der Waals surface area contributed by atoms with Gasteiger partial charge >= 0.3 is 0 Å². The molecule has 1 aromatic rings. The highest BCUT2D eigenvalue weighted by molar-refractivity contribution is 7.91. The van der Waals surface area contributed by atoms with Gasteiger partial charge in [0, 0.05) is 11.3 Å². The molecule has 1 aliphatic rings. The van der Waals surface area contributed by atoms with Crippen molar-refractivity contribution in [1.29, 1.82) is 0 Å². The Morgan fingerprint density at radius 1 is 1.40 bits per heavy atom. The molecule has 0 amide bonds. The molecule has 2 atom stereocenters. The first-order valence-electron chi connectivity index (χ1n) is 6.30. The van der Waals surface area contributed by atoms with Gasteiger partial charge in [0.25, 0.3) is 0 Å². The molecule has 0 saturated carbocycles. The number of hydrogen-bond acceptors (Lipinski definition) is 5. The number of rotatable bonds is 5. The van der Waals surface area contributed by atoms with Crippen LogP contribution in [0.1, 0.15) is 12.5 Å². The quantitative estimate of drug-likeness (QED) is 0.872. The molecular weight excluding hydrogens is 287 g/mol. The fourth-order valence-corrected chi connectivity index (χ4v) is 3.16. The van der Waals surface area contributed by atoms with Gasteiger partial charge in [-0.25, -0.2) is 12.8 Å². The van der Waals surface area contributed by atoms with E-state index in [4.69, 9.17) is 14.6 Å². The molecule has 112 valence electrons. The molecule has 2 unspecified atom stereocenters. The lowest BCUT2D eigenvalue weighted by Crippen LogP contribution is -2.37. The van der Waals surface area contributed by atoms with Crippen molar-refractivity contribution in [3.63, 3.8) is 0 Å². The maximum Gasteiger partial charge on any atom is 0.209 e. The van der Waals surface area contributed by atoms with Crippen LogP contribution in [-0.2, 0) is 25.1 Å². The highest BCUT2D eigenvalue weighted by atomic mass is 32.2. The Kier molecular flexibility index (Phi) is 4.43. The predicted octanol–water partition coefficient (Wildman–Crippen LogP) is 0.821. The molecule has 0 radical (unpaired) electrons. The Hall–Kier alpha value is -1.02. The molecule has 1 aromatic carbocycles. The number of hydrogen-bond donors (Lipinski definition) is 1. The zero-order chi connectivity index (χ0) is 14.8. The third-order valence-electron chi connectivity index (χ3n) is 3.20. The smallest absolute Gasteiger partial charge is 0.209 e. The van der Waals surface area contributed by atoms with Gasteiger partial charge < -0.3 is 14.6 Å². The first kappa shape index (κ1) is 15.4. The third kappa shape index (κ3) is 3.17. The van der Waals surface area contributed by atoms with Crippen molar-refractivity contribution in [1.82, 2.24) is 0 Å². The van der Waals surface area contributed by atoms with Crippen LogP contribution in [0.4, 0.5) is 4.39 Å². The van der Waals surface area contributed by atoms with Gasteiger partial charge in [-0.05, 0) is 12.1 Å². The van der Waals surface area contributed by atoms with E-state index in [0.717, 1.165) is 0 Å². The van der Waals surface area contributed by atoms with Gasteiger partial charge in [-0.2, -0.15) is 0 Å². The normalized spacial score (nSPS) is 26.9. The van der Waals surface area contributed by atoms with E-state index >= 15 is 0 Å². The summed E-state index contributed by atoms with van der Waals surface area (Å²) in [5.74, 6) is -2.32. The predicted molar refractivity (Wildman–Crippen MR) is 70.3 cm³/mol. The van der Waals surface area contributed by atoms with E-state index < -0.39 is 27.5 Å². The summed E-state index contributed by atoms with van der Waals surface area (Å²) in [6, 6.07) is 5.30. The van der Waals surface area contributed by atoms with Gasteiger partial charge in [-0.3, -0.25) is 0 Å². The second kappa shape index (κ2) is 5.77. The molecule has 1 N–H and O–H groups in total. The molecule has 7 heteroatoms. The van der Waals surface area contributed by atoms with E-state index in [0.29, 0.717) is 5.56 Å². The molecule has 20 heavy (non-hydrogen) atoms. The second-order valence-corrected chi connectivity index (χ2v) is 7.02. The van der Waals surface area contributed by atoms with Gasteiger partial charge in [-0.1, -0.05) is 19.1 Å². The van der Waals surface area contributed by atoms with Gasteiger partial charge in [0.15, 0.2) is 9.84 Å². The van der Waals surface area contributed by atoms with Crippen molar-refractivity contribution in [2.45, 2.75) is 18.8 Å². The maximum atomic E-state index is 13.0. The fourth-order valence-electron chi connectivity index (χ4n) is 2.06. The first-order chi connectivity index (χ1) is 9.41. The number of sulfone groups is 1. The van der Waals surface area contributed by atoms with Crippen molar-refractivity contribution in [3.05, 3.63) is 35.6 Å². The van der Waals surface area contributed by atoms with Crippen LogP contribution in [0.5, 0.6) is 0 Å². The van der Waals surface area contributed by atoms with Crippen molar-refractivity contribution >= 4 is 9.84 Å². The lowest BCUT2D eigenvalue weighted by atomic mass is 10.1. The van der Waals surface area contributed by atoms with Crippen molar-refractivity contribution < 1.29 is 27.4 Å². The molecule has 1 fully saturated rings. The summed E-state index contributed by atoms with van der Waals surface area (Å²) in [6.45, 7) is 1.36. The summed E-state index contributed by atoms with van der Waals surface area (Å²) in [5.41, 5.74) is 0.423. The zero-order valence-corrected chi connectivity index (χ0v) is 11.9. The third-order valence-corrected chi connectivity index (χ3v) is 4.90. The molecular formula is C13H17FO5S. The number of halogens is 1. The number of ether oxygens (including phenoxy) is 2. The van der Waals surface area contributed by atoms with Gasteiger partial charge in [0.2, 0.25) is 5.79 Å². The molecule has 0 aliphatic carbocycles. The molecule has 5 nitrogen and oxygen atoms in total. The van der Waals surface area contributed by atoms with Crippen LogP contribution in [0.3, 0.4) is 0 Å². The zero-order valence-electron chi connectivity index (χ0n) is 11.1. The summed E-state index contributed by atoms with van der Waals surface area (Å²) in [6.07, 6.45) is -0.591. The highest BCUT2D eigenvalue weighted by Crippen LogP contribution is 2.36. The Balaban J connectivity index is 2.37. The minimum atomic E-state index is -3.38. The largest absolute Gasteiger partial charge is 0.394 e. The van der Waals surface area contributed by atoms with Crippen LogP contribution in [0, 0.1) is 5.82 Å². The molecule has 1 saturated heterocycles. The molecule has 0 aromatic heterocycles. The summed E-state index contributed by atoms with van der Waals surface area (Å²) >= 11 is 0. The Morgan fingerprint density at radius 2 is 2.05 bits per heavy atom. The van der Waals surface area contributed by atoms with Crippen molar-refractivity contribution in [2.24, 2.45) is 0 Å². The van der Waals surface area contributed by atoms with Gasteiger partial charge in [-0.15, -0.1) is 0 Å². The highest BCUT2D eigenvalue weighted by Gasteiger charge is 2.46. The molecule has 2 rings (SSSR count). The fraction of sp³-hybridized carbons (Fsp3) is 0.538. The average Bonchev–Trinajstić information content (AvgIpc) is 2.83. The summed E-state index contributed by atoms with van der Waals surface area (Å²) in [5, 5.41) is 9.13. The summed E-state index contributed by atoms with van der Waals surface area (Å²) < 4.78 is 47.9. The summed E-state index contributed by atoms with van der Waals surface area (Å²) in [7, 11) is -3.38. The Bertz CT molecular complexity index is 557. The number of benzene rings is 1. The monoisotopic (exact) mass is 304 g/mol. The molecule has 1 heterocycles. The minimum Gasteiger partial charge on any atom is -0.394 e. The lowest BCUT2D eigenvalue weighted by Gasteiger charge is -2.28. The van der Waals surface area contributed by atoms with E-state index in [1.165, 1.54) is 31.2 Å². The standard InChI is InChI=1S/C13H17FO5S/c1-2-20(16,17)9-13(18-8-12(7-15)19-13)10-3-5-11(14)6-4-10/h3-6,12,15H,2,7-9H2,1H3.